The second-order valence-electron chi connectivity index (χ2n) is 9.15. The van der Waals surface area contributed by atoms with Crippen molar-refractivity contribution in [2.24, 2.45) is 0 Å². The molecule has 0 bridgehead atoms. The highest BCUT2D eigenvalue weighted by Crippen LogP contribution is 2.42. The molecule has 9 heteroatoms. The fraction of sp³-hybridized carbons (Fsp3) is 0.417. The molecule has 0 radical (unpaired) electrons. The summed E-state index contributed by atoms with van der Waals surface area (Å²) < 4.78 is 7.77. The molecule has 3 aromatic rings. The number of piperazine rings is 1. The summed E-state index contributed by atoms with van der Waals surface area (Å²) in [7, 11) is 0. The van der Waals surface area contributed by atoms with Crippen molar-refractivity contribution < 1.29 is 9.53 Å². The van der Waals surface area contributed by atoms with Crippen LogP contribution in [0.3, 0.4) is 0 Å². The van der Waals surface area contributed by atoms with E-state index in [0.717, 1.165) is 61.8 Å². The minimum atomic E-state index is -0.273. The van der Waals surface area contributed by atoms with Crippen molar-refractivity contribution in [3.05, 3.63) is 47.9 Å². The molecular formula is C24H27N7O2. The maximum absolute atomic E-state index is 13.2. The highest BCUT2D eigenvalue weighted by atomic mass is 16.5. The summed E-state index contributed by atoms with van der Waals surface area (Å²) in [4.78, 5) is 22.1. The predicted octanol–water partition coefficient (Wildman–Crippen LogP) is 2.73. The third kappa shape index (κ3) is 4.22. The third-order valence-corrected chi connectivity index (χ3v) is 6.21. The van der Waals surface area contributed by atoms with Gasteiger partial charge in [-0.1, -0.05) is 0 Å². The topological polar surface area (TPSA) is 98.8 Å². The van der Waals surface area contributed by atoms with Crippen LogP contribution >= 0.6 is 0 Å². The number of nitriles is 1. The summed E-state index contributed by atoms with van der Waals surface area (Å²) in [5.41, 5.74) is 3.48. The van der Waals surface area contributed by atoms with Gasteiger partial charge in [0.15, 0.2) is 5.65 Å². The Morgan fingerprint density at radius 1 is 1.27 bits per heavy atom. The molecule has 1 amide bonds. The number of hydrogen-bond acceptors (Lipinski definition) is 7. The molecule has 2 aromatic heterocycles. The Morgan fingerprint density at radius 2 is 2.09 bits per heavy atom. The molecule has 2 aliphatic rings. The van der Waals surface area contributed by atoms with E-state index in [4.69, 9.17) is 10.00 Å². The largest absolute Gasteiger partial charge is 0.487 e. The number of nitrogens with one attached hydrogen (secondary N) is 1. The molecule has 1 aromatic carbocycles. The molecule has 0 atom stereocenters. The van der Waals surface area contributed by atoms with E-state index in [9.17, 15) is 4.79 Å². The van der Waals surface area contributed by atoms with Crippen molar-refractivity contribution in [1.82, 2.24) is 19.5 Å². The van der Waals surface area contributed by atoms with E-state index < -0.39 is 0 Å². The number of fused-ring (bicyclic) bond motifs is 2. The number of hydrogen-bond donors (Lipinski definition) is 1. The lowest BCUT2D eigenvalue weighted by Crippen LogP contribution is -2.46. The van der Waals surface area contributed by atoms with E-state index in [1.807, 2.05) is 6.07 Å². The highest BCUT2D eigenvalue weighted by Gasteiger charge is 2.32. The Balaban J connectivity index is 1.44. The zero-order chi connectivity index (χ0) is 23.0. The first-order chi connectivity index (χ1) is 15.9. The zero-order valence-corrected chi connectivity index (χ0v) is 18.9. The van der Waals surface area contributed by atoms with E-state index in [0.29, 0.717) is 17.6 Å². The van der Waals surface area contributed by atoms with Crippen LogP contribution < -0.4 is 15.0 Å². The number of ether oxygens (including phenoxy) is 1. The SMILES string of the molecule is CC1(C)Cc2cc(NC(=O)c3cnn4cccnc34)c(N3CCN(CCC#N)CC3)cc2O1. The lowest BCUT2D eigenvalue weighted by atomic mass is 10.0. The van der Waals surface area contributed by atoms with Crippen molar-refractivity contribution in [1.29, 1.82) is 5.26 Å². The van der Waals surface area contributed by atoms with E-state index in [1.54, 1.807) is 29.2 Å². The molecule has 9 nitrogen and oxygen atoms in total. The first kappa shape index (κ1) is 21.2. The van der Waals surface area contributed by atoms with Gasteiger partial charge in [-0.05, 0) is 26.0 Å². The average molecular weight is 446 g/mol. The van der Waals surface area contributed by atoms with Gasteiger partial charge in [0.2, 0.25) is 0 Å². The van der Waals surface area contributed by atoms with Crippen LogP contribution in [0.4, 0.5) is 11.4 Å². The molecule has 2 aliphatic heterocycles. The van der Waals surface area contributed by atoms with Crippen LogP contribution in [0.5, 0.6) is 5.75 Å². The Morgan fingerprint density at radius 3 is 2.88 bits per heavy atom. The molecule has 0 saturated carbocycles. The molecule has 0 aliphatic carbocycles. The minimum Gasteiger partial charge on any atom is -0.487 e. The van der Waals surface area contributed by atoms with Gasteiger partial charge in [0.1, 0.15) is 16.9 Å². The predicted molar refractivity (Wildman–Crippen MR) is 125 cm³/mol. The smallest absolute Gasteiger partial charge is 0.261 e. The van der Waals surface area contributed by atoms with Gasteiger partial charge in [-0.25, -0.2) is 9.50 Å². The number of benzene rings is 1. The minimum absolute atomic E-state index is 0.240. The molecule has 170 valence electrons. The number of carbonyl (C=O) groups excluding carboxylic acids is 1. The van der Waals surface area contributed by atoms with E-state index in [1.165, 1.54) is 0 Å². The van der Waals surface area contributed by atoms with Gasteiger partial charge in [-0.3, -0.25) is 9.69 Å². The highest BCUT2D eigenvalue weighted by molar-refractivity contribution is 6.09. The summed E-state index contributed by atoms with van der Waals surface area (Å²) in [6.07, 6.45) is 6.29. The molecule has 1 fully saturated rings. The molecular weight excluding hydrogens is 418 g/mol. The lowest BCUT2D eigenvalue weighted by molar-refractivity contribution is 0.102. The first-order valence-electron chi connectivity index (χ1n) is 11.2. The van der Waals surface area contributed by atoms with Gasteiger partial charge in [-0.15, -0.1) is 0 Å². The van der Waals surface area contributed by atoms with Crippen LogP contribution in [0.15, 0.2) is 36.8 Å². The van der Waals surface area contributed by atoms with Crippen LogP contribution in [0.2, 0.25) is 0 Å². The van der Waals surface area contributed by atoms with Crippen LogP contribution in [-0.4, -0.2) is 63.7 Å². The Hall–Kier alpha value is -3.64. The normalized spacial score (nSPS) is 17.4. The number of rotatable bonds is 5. The monoisotopic (exact) mass is 445 g/mol. The summed E-state index contributed by atoms with van der Waals surface area (Å²) in [5, 5.41) is 16.2. The van der Waals surface area contributed by atoms with Gasteiger partial charge in [0.25, 0.3) is 5.91 Å². The maximum atomic E-state index is 13.2. The van der Waals surface area contributed by atoms with Gasteiger partial charge in [-0.2, -0.15) is 10.4 Å². The molecule has 0 spiro atoms. The van der Waals surface area contributed by atoms with Crippen molar-refractivity contribution in [2.75, 3.05) is 42.9 Å². The standard InChI is InChI=1S/C24H27N7O2/c1-24(2)15-17-13-19(28-23(32)18-16-27-31-8-4-6-26-22(18)31)20(14-21(17)33-24)30-11-9-29(10-12-30)7-3-5-25/h4,6,8,13-14,16H,3,7,9-12,15H2,1-2H3,(H,28,32). The molecule has 4 heterocycles. The quantitative estimate of drug-likeness (QED) is 0.645. The van der Waals surface area contributed by atoms with E-state index in [-0.39, 0.29) is 11.5 Å². The Labute approximate surface area is 192 Å². The first-order valence-corrected chi connectivity index (χ1v) is 11.2. The summed E-state index contributed by atoms with van der Waals surface area (Å²) in [6, 6.07) is 8.09. The van der Waals surface area contributed by atoms with Crippen LogP contribution in [0.1, 0.15) is 36.2 Å². The number of carbonyl (C=O) groups is 1. The van der Waals surface area contributed by atoms with E-state index >= 15 is 0 Å². The van der Waals surface area contributed by atoms with Gasteiger partial charge >= 0.3 is 0 Å². The molecule has 0 unspecified atom stereocenters. The summed E-state index contributed by atoms with van der Waals surface area (Å²) in [5.74, 6) is 0.633. The van der Waals surface area contributed by atoms with Crippen molar-refractivity contribution in [3.63, 3.8) is 0 Å². The second-order valence-corrected chi connectivity index (χ2v) is 9.15. The van der Waals surface area contributed by atoms with Crippen molar-refractivity contribution >= 4 is 22.9 Å². The summed E-state index contributed by atoms with van der Waals surface area (Å²) >= 11 is 0. The number of amides is 1. The Kier molecular flexibility index (Phi) is 5.38. The number of nitrogens with zero attached hydrogens (tertiary/aromatic N) is 6. The van der Waals surface area contributed by atoms with Gasteiger partial charge in [0.05, 0.1) is 23.6 Å². The van der Waals surface area contributed by atoms with Crippen molar-refractivity contribution in [3.8, 4) is 11.8 Å². The number of aromatic nitrogens is 3. The molecule has 1 N–H and O–H groups in total. The molecule has 33 heavy (non-hydrogen) atoms. The maximum Gasteiger partial charge on any atom is 0.261 e. The van der Waals surface area contributed by atoms with Gasteiger partial charge in [0, 0.05) is 69.6 Å². The zero-order valence-electron chi connectivity index (χ0n) is 18.9. The third-order valence-electron chi connectivity index (χ3n) is 6.21. The number of anilines is 2. The Bertz CT molecular complexity index is 1240. The average Bonchev–Trinajstić information content (AvgIpc) is 3.36. The van der Waals surface area contributed by atoms with Crippen LogP contribution in [0, 0.1) is 11.3 Å². The fourth-order valence-electron chi connectivity index (χ4n) is 4.60. The van der Waals surface area contributed by atoms with Crippen molar-refractivity contribution in [2.45, 2.75) is 32.3 Å². The second kappa shape index (κ2) is 8.37. The fourth-order valence-corrected chi connectivity index (χ4v) is 4.60. The van der Waals surface area contributed by atoms with Crippen LogP contribution in [0.25, 0.3) is 5.65 Å². The summed E-state index contributed by atoms with van der Waals surface area (Å²) in [6.45, 7) is 8.31. The van der Waals surface area contributed by atoms with Gasteiger partial charge < -0.3 is 15.0 Å². The molecule has 5 rings (SSSR count). The van der Waals surface area contributed by atoms with E-state index in [2.05, 4.69) is 51.2 Å². The lowest BCUT2D eigenvalue weighted by Gasteiger charge is -2.36. The van der Waals surface area contributed by atoms with Crippen LogP contribution in [-0.2, 0) is 6.42 Å². The molecule has 1 saturated heterocycles.